The number of rotatable bonds is 2. The SMILES string of the molecule is Cc1nnc(N(C)C2CCCCC2Br)s1. The Morgan fingerprint density at radius 2 is 2.07 bits per heavy atom. The minimum atomic E-state index is 0.575. The second-order valence-electron chi connectivity index (χ2n) is 4.08. The summed E-state index contributed by atoms with van der Waals surface area (Å²) in [6, 6.07) is 0.575. The van der Waals surface area contributed by atoms with E-state index in [1.54, 1.807) is 11.3 Å². The average molecular weight is 290 g/mol. The maximum atomic E-state index is 4.20. The first-order chi connectivity index (χ1) is 7.18. The van der Waals surface area contributed by atoms with Crippen molar-refractivity contribution >= 4 is 32.4 Å². The van der Waals surface area contributed by atoms with Crippen LogP contribution in [0.4, 0.5) is 5.13 Å². The molecular formula is C10H16BrN3S. The first kappa shape index (κ1) is 11.3. The van der Waals surface area contributed by atoms with Gasteiger partial charge in [-0.15, -0.1) is 10.2 Å². The fraction of sp³-hybridized carbons (Fsp3) is 0.800. The number of hydrogen-bond acceptors (Lipinski definition) is 4. The summed E-state index contributed by atoms with van der Waals surface area (Å²) in [5.74, 6) is 0. The molecule has 0 saturated heterocycles. The molecule has 1 aromatic heterocycles. The summed E-state index contributed by atoms with van der Waals surface area (Å²) >= 11 is 5.45. The van der Waals surface area contributed by atoms with Crippen molar-refractivity contribution in [3.05, 3.63) is 5.01 Å². The highest BCUT2D eigenvalue weighted by atomic mass is 79.9. The normalized spacial score (nSPS) is 26.6. The lowest BCUT2D eigenvalue weighted by molar-refractivity contribution is 0.443. The number of aryl methyl sites for hydroxylation is 1. The van der Waals surface area contributed by atoms with Gasteiger partial charge in [-0.2, -0.15) is 0 Å². The van der Waals surface area contributed by atoms with Gasteiger partial charge >= 0.3 is 0 Å². The number of alkyl halides is 1. The molecule has 1 aromatic rings. The summed E-state index contributed by atoms with van der Waals surface area (Å²) in [4.78, 5) is 2.88. The van der Waals surface area contributed by atoms with Gasteiger partial charge < -0.3 is 4.90 Å². The molecule has 0 radical (unpaired) electrons. The fourth-order valence-corrected chi connectivity index (χ4v) is 3.72. The molecule has 1 heterocycles. The molecule has 0 bridgehead atoms. The van der Waals surface area contributed by atoms with E-state index in [0.717, 1.165) is 10.1 Å². The summed E-state index contributed by atoms with van der Waals surface area (Å²) in [6.45, 7) is 2.00. The molecule has 15 heavy (non-hydrogen) atoms. The number of aromatic nitrogens is 2. The summed E-state index contributed by atoms with van der Waals surface area (Å²) in [5.41, 5.74) is 0. The lowest BCUT2D eigenvalue weighted by Gasteiger charge is -2.34. The van der Waals surface area contributed by atoms with Gasteiger partial charge in [-0.05, 0) is 19.8 Å². The van der Waals surface area contributed by atoms with Crippen molar-refractivity contribution in [1.29, 1.82) is 0 Å². The largest absolute Gasteiger partial charge is 0.346 e. The summed E-state index contributed by atoms with van der Waals surface area (Å²) in [7, 11) is 2.13. The lowest BCUT2D eigenvalue weighted by Crippen LogP contribution is -2.40. The Morgan fingerprint density at radius 1 is 1.33 bits per heavy atom. The number of hydrogen-bond donors (Lipinski definition) is 0. The average Bonchev–Trinajstić information content (AvgIpc) is 2.65. The highest BCUT2D eigenvalue weighted by Crippen LogP contribution is 2.31. The Labute approximate surface area is 103 Å². The van der Waals surface area contributed by atoms with Crippen molar-refractivity contribution in [2.24, 2.45) is 0 Å². The Kier molecular flexibility index (Phi) is 3.61. The molecule has 2 unspecified atom stereocenters. The third kappa shape index (κ3) is 2.50. The van der Waals surface area contributed by atoms with Gasteiger partial charge in [-0.1, -0.05) is 40.1 Å². The van der Waals surface area contributed by atoms with Crippen molar-refractivity contribution in [2.45, 2.75) is 43.5 Å². The quantitative estimate of drug-likeness (QED) is 0.784. The Bertz CT molecular complexity index is 328. The zero-order chi connectivity index (χ0) is 10.8. The predicted molar refractivity (Wildman–Crippen MR) is 68.0 cm³/mol. The van der Waals surface area contributed by atoms with Crippen LogP contribution in [-0.2, 0) is 0 Å². The Morgan fingerprint density at radius 3 is 2.67 bits per heavy atom. The van der Waals surface area contributed by atoms with Gasteiger partial charge in [-0.25, -0.2) is 0 Å². The van der Waals surface area contributed by atoms with Crippen LogP contribution in [0.3, 0.4) is 0 Å². The number of halogens is 1. The minimum absolute atomic E-state index is 0.575. The number of nitrogens with zero attached hydrogens (tertiary/aromatic N) is 3. The van der Waals surface area contributed by atoms with Gasteiger partial charge in [0.25, 0.3) is 0 Å². The van der Waals surface area contributed by atoms with Crippen LogP contribution in [0, 0.1) is 6.92 Å². The Hall–Kier alpha value is -0.160. The van der Waals surface area contributed by atoms with Gasteiger partial charge in [0.05, 0.1) is 0 Å². The molecule has 0 aromatic carbocycles. The van der Waals surface area contributed by atoms with E-state index >= 15 is 0 Å². The topological polar surface area (TPSA) is 29.0 Å². The molecular weight excluding hydrogens is 274 g/mol. The van der Waals surface area contributed by atoms with Crippen LogP contribution < -0.4 is 4.90 Å². The fourth-order valence-electron chi connectivity index (χ4n) is 2.07. The van der Waals surface area contributed by atoms with Crippen LogP contribution in [0.5, 0.6) is 0 Å². The first-order valence-corrected chi connectivity index (χ1v) is 7.08. The van der Waals surface area contributed by atoms with Crippen molar-refractivity contribution in [2.75, 3.05) is 11.9 Å². The molecule has 0 spiro atoms. The molecule has 1 fully saturated rings. The molecule has 0 N–H and O–H groups in total. The smallest absolute Gasteiger partial charge is 0.208 e. The first-order valence-electron chi connectivity index (χ1n) is 5.35. The standard InChI is InChI=1S/C10H16BrN3S/c1-7-12-13-10(15-7)14(2)9-6-4-3-5-8(9)11/h8-9H,3-6H2,1-2H3. The molecule has 3 nitrogen and oxygen atoms in total. The molecule has 2 rings (SSSR count). The van der Waals surface area contributed by atoms with Crippen LogP contribution in [-0.4, -0.2) is 28.1 Å². The van der Waals surface area contributed by atoms with Crippen LogP contribution >= 0.6 is 27.3 Å². The highest BCUT2D eigenvalue weighted by molar-refractivity contribution is 9.09. The summed E-state index contributed by atoms with van der Waals surface area (Å²) in [6.07, 6.45) is 5.20. The molecule has 1 aliphatic rings. The van der Waals surface area contributed by atoms with Crippen molar-refractivity contribution in [1.82, 2.24) is 10.2 Å². The van der Waals surface area contributed by atoms with E-state index < -0.39 is 0 Å². The summed E-state index contributed by atoms with van der Waals surface area (Å²) < 4.78 is 0. The molecule has 2 atom stereocenters. The van der Waals surface area contributed by atoms with Gasteiger partial charge in [0, 0.05) is 17.9 Å². The third-order valence-electron chi connectivity index (χ3n) is 2.96. The van der Waals surface area contributed by atoms with E-state index in [-0.39, 0.29) is 0 Å². The molecule has 0 amide bonds. The molecule has 1 aliphatic carbocycles. The zero-order valence-electron chi connectivity index (χ0n) is 9.11. The van der Waals surface area contributed by atoms with Crippen LogP contribution in [0.2, 0.25) is 0 Å². The summed E-state index contributed by atoms with van der Waals surface area (Å²) in [5, 5.41) is 10.4. The predicted octanol–water partition coefficient (Wildman–Crippen LogP) is 2.99. The van der Waals surface area contributed by atoms with Gasteiger partial charge in [0.15, 0.2) is 0 Å². The highest BCUT2D eigenvalue weighted by Gasteiger charge is 2.27. The second-order valence-corrected chi connectivity index (χ2v) is 6.42. The van der Waals surface area contributed by atoms with Gasteiger partial charge in [-0.3, -0.25) is 0 Å². The molecule has 5 heteroatoms. The Balaban J connectivity index is 2.09. The van der Waals surface area contributed by atoms with Crippen LogP contribution in [0.1, 0.15) is 30.7 Å². The monoisotopic (exact) mass is 289 g/mol. The van der Waals surface area contributed by atoms with E-state index in [9.17, 15) is 0 Å². The van der Waals surface area contributed by atoms with Gasteiger partial charge in [0.2, 0.25) is 5.13 Å². The zero-order valence-corrected chi connectivity index (χ0v) is 11.5. The third-order valence-corrected chi connectivity index (χ3v) is 4.96. The van der Waals surface area contributed by atoms with Crippen molar-refractivity contribution in [3.8, 4) is 0 Å². The second kappa shape index (κ2) is 4.78. The maximum absolute atomic E-state index is 4.20. The van der Waals surface area contributed by atoms with Crippen molar-refractivity contribution in [3.63, 3.8) is 0 Å². The maximum Gasteiger partial charge on any atom is 0.208 e. The van der Waals surface area contributed by atoms with E-state index in [2.05, 4.69) is 38.1 Å². The molecule has 0 aliphatic heterocycles. The van der Waals surface area contributed by atoms with Crippen molar-refractivity contribution < 1.29 is 0 Å². The van der Waals surface area contributed by atoms with E-state index in [1.165, 1.54) is 25.7 Å². The molecule has 84 valence electrons. The lowest BCUT2D eigenvalue weighted by atomic mass is 9.95. The minimum Gasteiger partial charge on any atom is -0.346 e. The van der Waals surface area contributed by atoms with Crippen LogP contribution in [0.15, 0.2) is 0 Å². The van der Waals surface area contributed by atoms with E-state index in [1.807, 2.05) is 6.92 Å². The van der Waals surface area contributed by atoms with E-state index in [0.29, 0.717) is 10.9 Å². The number of anilines is 1. The molecule has 1 saturated carbocycles. The van der Waals surface area contributed by atoms with Gasteiger partial charge in [0.1, 0.15) is 5.01 Å². The van der Waals surface area contributed by atoms with Crippen LogP contribution in [0.25, 0.3) is 0 Å². The van der Waals surface area contributed by atoms with E-state index in [4.69, 9.17) is 0 Å².